The predicted molar refractivity (Wildman–Crippen MR) is 133 cm³/mol. The number of allylic oxidation sites excluding steroid dienone is 3. The number of rotatable bonds is 2. The van der Waals surface area contributed by atoms with Crippen molar-refractivity contribution in [2.75, 3.05) is 0 Å². The van der Waals surface area contributed by atoms with E-state index >= 15 is 0 Å². The Labute approximate surface area is 201 Å². The summed E-state index contributed by atoms with van der Waals surface area (Å²) in [6.07, 6.45) is 11.3. The molecule has 0 aliphatic heterocycles. The molecule has 0 radical (unpaired) electrons. The summed E-state index contributed by atoms with van der Waals surface area (Å²) >= 11 is 0. The molecule has 5 rings (SSSR count). The molecule has 0 aromatic heterocycles. The van der Waals surface area contributed by atoms with E-state index in [4.69, 9.17) is 0 Å². The molecule has 0 spiro atoms. The van der Waals surface area contributed by atoms with Gasteiger partial charge in [-0.3, -0.25) is 4.79 Å². The van der Waals surface area contributed by atoms with Gasteiger partial charge < -0.3 is 10.2 Å². The minimum Gasteiger partial charge on any atom is -0.481 e. The number of fused-ring (bicyclic) bond motifs is 7. The predicted octanol–water partition coefficient (Wildman–Crippen LogP) is 7.01. The quantitative estimate of drug-likeness (QED) is 0.441. The molecular weight excluding hydrogens is 408 g/mol. The maximum Gasteiger partial charge on any atom is 0.310 e. The Bertz CT molecular complexity index is 916. The zero-order chi connectivity index (χ0) is 24.2. The van der Waals surface area contributed by atoms with Crippen LogP contribution in [-0.4, -0.2) is 22.3 Å². The summed E-state index contributed by atoms with van der Waals surface area (Å²) in [5, 5.41) is 21.3. The standard InChI is InChI=1S/C30H46O3/c1-18(2)19-10-15-30(25(32)33)17-16-28(6)20(24(19)30)8-9-22-27(5)13-12-23(31)26(3,4)21(27)11-14-29(22,28)7/h8,19,21-24,31H,1,9-17H2,2-7H3,(H,32,33)/t19-,21-,22+,23-,24+,27-,28+,29+,30-/m0/s1. The van der Waals surface area contributed by atoms with E-state index < -0.39 is 11.4 Å². The van der Waals surface area contributed by atoms with Crippen LogP contribution in [0.1, 0.15) is 99.3 Å². The second kappa shape index (κ2) is 6.99. The van der Waals surface area contributed by atoms with Gasteiger partial charge in [-0.1, -0.05) is 58.4 Å². The van der Waals surface area contributed by atoms with Crippen LogP contribution in [0.3, 0.4) is 0 Å². The molecule has 4 saturated carbocycles. The first-order valence-corrected chi connectivity index (χ1v) is 13.5. The van der Waals surface area contributed by atoms with E-state index in [1.165, 1.54) is 24.0 Å². The summed E-state index contributed by atoms with van der Waals surface area (Å²) in [6, 6.07) is 0. The van der Waals surface area contributed by atoms with E-state index in [-0.39, 0.29) is 33.7 Å². The average molecular weight is 455 g/mol. The molecule has 0 unspecified atom stereocenters. The molecule has 4 fully saturated rings. The van der Waals surface area contributed by atoms with Crippen molar-refractivity contribution in [1.29, 1.82) is 0 Å². The molecule has 0 saturated heterocycles. The fourth-order valence-electron chi connectivity index (χ4n) is 10.7. The SMILES string of the molecule is C=C(C)[C@@H]1CC[C@]2(C(=O)O)CC[C@]3(C)C(=CC[C@@H]4[C@@]5(C)CC[C@H](O)C(C)(C)[C@@H]5CC[C@]43C)[C@@H]12. The van der Waals surface area contributed by atoms with Gasteiger partial charge in [0.1, 0.15) is 0 Å². The number of carbonyl (C=O) groups is 1. The monoisotopic (exact) mass is 454 g/mol. The van der Waals surface area contributed by atoms with Crippen molar-refractivity contribution < 1.29 is 15.0 Å². The van der Waals surface area contributed by atoms with Gasteiger partial charge in [-0.05, 0) is 104 Å². The van der Waals surface area contributed by atoms with E-state index in [0.717, 1.165) is 44.9 Å². The number of aliphatic hydroxyl groups excluding tert-OH is 1. The topological polar surface area (TPSA) is 57.5 Å². The van der Waals surface area contributed by atoms with E-state index in [1.54, 1.807) is 0 Å². The molecule has 184 valence electrons. The third-order valence-electron chi connectivity index (χ3n) is 12.9. The van der Waals surface area contributed by atoms with Crippen molar-refractivity contribution in [3.8, 4) is 0 Å². The van der Waals surface area contributed by atoms with Gasteiger partial charge >= 0.3 is 5.97 Å². The van der Waals surface area contributed by atoms with Crippen molar-refractivity contribution in [2.45, 2.75) is 105 Å². The lowest BCUT2D eigenvalue weighted by atomic mass is 9.34. The van der Waals surface area contributed by atoms with Gasteiger partial charge in [0, 0.05) is 5.92 Å². The molecule has 33 heavy (non-hydrogen) atoms. The van der Waals surface area contributed by atoms with Crippen LogP contribution in [0.4, 0.5) is 0 Å². The van der Waals surface area contributed by atoms with Crippen LogP contribution in [0, 0.1) is 50.7 Å². The number of hydrogen-bond acceptors (Lipinski definition) is 2. The average Bonchev–Trinajstić information content (AvgIpc) is 3.13. The van der Waals surface area contributed by atoms with Crippen LogP contribution in [-0.2, 0) is 4.79 Å². The Morgan fingerprint density at radius 1 is 0.970 bits per heavy atom. The Morgan fingerprint density at radius 3 is 2.30 bits per heavy atom. The Kier molecular flexibility index (Phi) is 5.01. The molecule has 3 heteroatoms. The highest BCUT2D eigenvalue weighted by Crippen LogP contribution is 2.76. The van der Waals surface area contributed by atoms with Gasteiger partial charge in [0.15, 0.2) is 0 Å². The largest absolute Gasteiger partial charge is 0.481 e. The molecule has 3 nitrogen and oxygen atoms in total. The number of carboxylic acids is 1. The number of hydrogen-bond donors (Lipinski definition) is 2. The molecule has 5 aliphatic rings. The lowest BCUT2D eigenvalue weighted by Gasteiger charge is -2.70. The highest BCUT2D eigenvalue weighted by molar-refractivity contribution is 5.77. The second-order valence-corrected chi connectivity index (χ2v) is 14.1. The van der Waals surface area contributed by atoms with E-state index in [2.05, 4.69) is 54.2 Å². The molecular formula is C30H46O3. The fourth-order valence-corrected chi connectivity index (χ4v) is 10.7. The van der Waals surface area contributed by atoms with Crippen molar-refractivity contribution >= 4 is 5.97 Å². The number of carboxylic acid groups (broad SMARTS) is 1. The number of aliphatic hydroxyl groups is 1. The van der Waals surface area contributed by atoms with Gasteiger partial charge in [0.25, 0.3) is 0 Å². The smallest absolute Gasteiger partial charge is 0.310 e. The highest BCUT2D eigenvalue weighted by Gasteiger charge is 2.70. The summed E-state index contributed by atoms with van der Waals surface area (Å²) in [7, 11) is 0. The van der Waals surface area contributed by atoms with Gasteiger partial charge in [0.05, 0.1) is 11.5 Å². The van der Waals surface area contributed by atoms with Crippen LogP contribution >= 0.6 is 0 Å². The van der Waals surface area contributed by atoms with Crippen LogP contribution in [0.15, 0.2) is 23.8 Å². The molecule has 5 aliphatic carbocycles. The zero-order valence-corrected chi connectivity index (χ0v) is 21.8. The Morgan fingerprint density at radius 2 is 1.67 bits per heavy atom. The molecule has 0 heterocycles. The third-order valence-corrected chi connectivity index (χ3v) is 12.9. The van der Waals surface area contributed by atoms with Crippen LogP contribution in [0.25, 0.3) is 0 Å². The lowest BCUT2D eigenvalue weighted by molar-refractivity contribution is -0.202. The van der Waals surface area contributed by atoms with Crippen LogP contribution in [0.2, 0.25) is 0 Å². The maximum absolute atomic E-state index is 12.7. The molecule has 0 amide bonds. The Balaban J connectivity index is 1.62. The van der Waals surface area contributed by atoms with Gasteiger partial charge in [-0.15, -0.1) is 0 Å². The first-order valence-electron chi connectivity index (χ1n) is 13.5. The molecule has 9 atom stereocenters. The van der Waals surface area contributed by atoms with Crippen molar-refractivity contribution in [3.63, 3.8) is 0 Å². The van der Waals surface area contributed by atoms with Crippen molar-refractivity contribution in [2.24, 2.45) is 50.7 Å². The van der Waals surface area contributed by atoms with E-state index in [0.29, 0.717) is 17.8 Å². The van der Waals surface area contributed by atoms with Gasteiger partial charge in [0.2, 0.25) is 0 Å². The first kappa shape index (κ1) is 23.6. The number of aliphatic carboxylic acids is 1. The van der Waals surface area contributed by atoms with Crippen LogP contribution < -0.4 is 0 Å². The summed E-state index contributed by atoms with van der Waals surface area (Å²) in [5.41, 5.74) is 2.44. The summed E-state index contributed by atoms with van der Waals surface area (Å²) in [5.74, 6) is 0.958. The minimum atomic E-state index is -0.601. The van der Waals surface area contributed by atoms with Gasteiger partial charge in [-0.25, -0.2) is 0 Å². The van der Waals surface area contributed by atoms with Gasteiger partial charge in [-0.2, -0.15) is 0 Å². The molecule has 0 aromatic rings. The zero-order valence-electron chi connectivity index (χ0n) is 21.8. The van der Waals surface area contributed by atoms with E-state index in [9.17, 15) is 15.0 Å². The minimum absolute atomic E-state index is 0.0409. The fraction of sp³-hybridized carbons (Fsp3) is 0.833. The summed E-state index contributed by atoms with van der Waals surface area (Å²) in [4.78, 5) is 12.7. The second-order valence-electron chi connectivity index (χ2n) is 14.1. The molecule has 0 bridgehead atoms. The molecule has 2 N–H and O–H groups in total. The normalized spacial score (nSPS) is 52.6. The lowest BCUT2D eigenvalue weighted by Crippen LogP contribution is -2.64. The summed E-state index contributed by atoms with van der Waals surface area (Å²) < 4.78 is 0. The van der Waals surface area contributed by atoms with E-state index in [1.807, 2.05) is 0 Å². The third kappa shape index (κ3) is 2.69. The highest BCUT2D eigenvalue weighted by atomic mass is 16.4. The summed E-state index contributed by atoms with van der Waals surface area (Å²) in [6.45, 7) is 18.6. The van der Waals surface area contributed by atoms with Crippen LogP contribution in [0.5, 0.6) is 0 Å². The van der Waals surface area contributed by atoms with Crippen molar-refractivity contribution in [3.05, 3.63) is 23.8 Å². The maximum atomic E-state index is 12.7. The Hall–Kier alpha value is -1.09. The first-order chi connectivity index (χ1) is 15.3. The van der Waals surface area contributed by atoms with Crippen molar-refractivity contribution in [1.82, 2.24) is 0 Å². The molecule has 0 aromatic carbocycles.